The van der Waals surface area contributed by atoms with Crippen molar-refractivity contribution in [1.82, 2.24) is 0 Å². The molecule has 0 aliphatic rings. The Morgan fingerprint density at radius 2 is 1.90 bits per heavy atom. The summed E-state index contributed by atoms with van der Waals surface area (Å²) in [4.78, 5) is 2.54. The minimum Gasteiger partial charge on any atom is -0.389 e. The number of anilines is 1. The molecule has 2 N–H and O–H groups in total. The number of nitrogens with two attached hydrogens (primary N) is 1. The summed E-state index contributed by atoms with van der Waals surface area (Å²) in [7, 11) is 2.03. The molecule has 0 saturated heterocycles. The second-order valence-corrected chi connectivity index (χ2v) is 6.69. The first-order valence-electron chi connectivity index (χ1n) is 6.03. The molecule has 0 radical (unpaired) electrons. The van der Waals surface area contributed by atoms with Crippen LogP contribution in [0.15, 0.2) is 51.4 Å². The Morgan fingerprint density at radius 1 is 1.20 bits per heavy atom. The van der Waals surface area contributed by atoms with Crippen LogP contribution in [0.4, 0.5) is 5.69 Å². The van der Waals surface area contributed by atoms with Gasteiger partial charge in [-0.05, 0) is 45.8 Å². The van der Waals surface area contributed by atoms with Crippen molar-refractivity contribution >= 4 is 54.8 Å². The first kappa shape index (κ1) is 15.5. The molecule has 0 amide bonds. The van der Waals surface area contributed by atoms with Crippen LogP contribution in [-0.2, 0) is 6.54 Å². The Hall–Kier alpha value is -0.910. The largest absolute Gasteiger partial charge is 0.389 e. The van der Waals surface area contributed by atoms with E-state index in [0.29, 0.717) is 4.99 Å². The molecule has 20 heavy (non-hydrogen) atoms. The molecule has 104 valence electrons. The van der Waals surface area contributed by atoms with Crippen LogP contribution in [0.1, 0.15) is 11.1 Å². The van der Waals surface area contributed by atoms with Crippen molar-refractivity contribution in [3.05, 3.63) is 62.5 Å². The summed E-state index contributed by atoms with van der Waals surface area (Å²) in [5.41, 5.74) is 8.95. The standard InChI is InChI=1S/C15H14Br2N2S/c1-19(9-10-4-2-5-11(16)8-10)13-7-3-6-12(17)14(13)15(18)20/h2-8H,9H2,1H3,(H2,18,20). The average molecular weight is 414 g/mol. The molecular weight excluding hydrogens is 400 g/mol. The Labute approximate surface area is 141 Å². The molecule has 2 aromatic carbocycles. The number of rotatable bonds is 4. The van der Waals surface area contributed by atoms with Gasteiger partial charge in [0.25, 0.3) is 0 Å². The van der Waals surface area contributed by atoms with E-state index in [1.54, 1.807) is 0 Å². The molecule has 0 heterocycles. The molecular formula is C15H14Br2N2S. The fraction of sp³-hybridized carbons (Fsp3) is 0.133. The van der Waals surface area contributed by atoms with Crippen molar-refractivity contribution < 1.29 is 0 Å². The van der Waals surface area contributed by atoms with Crippen molar-refractivity contribution in [3.63, 3.8) is 0 Å². The average Bonchev–Trinajstić information content (AvgIpc) is 2.37. The highest BCUT2D eigenvalue weighted by Gasteiger charge is 2.13. The van der Waals surface area contributed by atoms with E-state index in [0.717, 1.165) is 26.7 Å². The minimum atomic E-state index is 0.397. The van der Waals surface area contributed by atoms with E-state index in [1.165, 1.54) is 5.56 Å². The number of benzene rings is 2. The maximum atomic E-state index is 5.84. The van der Waals surface area contributed by atoms with Gasteiger partial charge in [0, 0.05) is 33.8 Å². The van der Waals surface area contributed by atoms with Crippen LogP contribution in [0.2, 0.25) is 0 Å². The van der Waals surface area contributed by atoms with Crippen LogP contribution in [-0.4, -0.2) is 12.0 Å². The van der Waals surface area contributed by atoms with Gasteiger partial charge in [0.15, 0.2) is 0 Å². The van der Waals surface area contributed by atoms with Gasteiger partial charge in [-0.2, -0.15) is 0 Å². The van der Waals surface area contributed by atoms with Crippen LogP contribution in [0.3, 0.4) is 0 Å². The molecule has 0 unspecified atom stereocenters. The second-order valence-electron chi connectivity index (χ2n) is 4.48. The van der Waals surface area contributed by atoms with Gasteiger partial charge in [-0.25, -0.2) is 0 Å². The summed E-state index contributed by atoms with van der Waals surface area (Å²) in [5.74, 6) is 0. The fourth-order valence-electron chi connectivity index (χ4n) is 2.07. The van der Waals surface area contributed by atoms with Gasteiger partial charge < -0.3 is 10.6 Å². The highest BCUT2D eigenvalue weighted by atomic mass is 79.9. The lowest BCUT2D eigenvalue weighted by Gasteiger charge is -2.23. The summed E-state index contributed by atoms with van der Waals surface area (Å²) in [5, 5.41) is 0. The predicted molar refractivity (Wildman–Crippen MR) is 96.3 cm³/mol. The monoisotopic (exact) mass is 412 g/mol. The van der Waals surface area contributed by atoms with E-state index in [4.69, 9.17) is 18.0 Å². The van der Waals surface area contributed by atoms with E-state index >= 15 is 0 Å². The van der Waals surface area contributed by atoms with Gasteiger partial charge in [0.1, 0.15) is 4.99 Å². The molecule has 2 aromatic rings. The molecule has 0 saturated carbocycles. The van der Waals surface area contributed by atoms with Crippen molar-refractivity contribution in [2.45, 2.75) is 6.54 Å². The summed E-state index contributed by atoms with van der Waals surface area (Å²) in [6.45, 7) is 0.783. The van der Waals surface area contributed by atoms with Crippen molar-refractivity contribution in [2.75, 3.05) is 11.9 Å². The maximum absolute atomic E-state index is 5.84. The van der Waals surface area contributed by atoms with Crippen LogP contribution in [0, 0.1) is 0 Å². The van der Waals surface area contributed by atoms with E-state index in [2.05, 4.69) is 48.9 Å². The lowest BCUT2D eigenvalue weighted by molar-refractivity contribution is 0.920. The molecule has 0 atom stereocenters. The third kappa shape index (κ3) is 3.59. The number of hydrogen-bond acceptors (Lipinski definition) is 2. The Morgan fingerprint density at radius 3 is 2.55 bits per heavy atom. The van der Waals surface area contributed by atoms with Crippen molar-refractivity contribution in [2.24, 2.45) is 5.73 Å². The first-order chi connectivity index (χ1) is 9.49. The molecule has 2 rings (SSSR count). The van der Waals surface area contributed by atoms with Gasteiger partial charge in [-0.15, -0.1) is 0 Å². The summed E-state index contributed by atoms with van der Waals surface area (Å²) in [6, 6.07) is 14.2. The zero-order valence-corrected chi connectivity index (χ0v) is 14.9. The summed E-state index contributed by atoms with van der Waals surface area (Å²) < 4.78 is 2.00. The lowest BCUT2D eigenvalue weighted by Crippen LogP contribution is -2.22. The predicted octanol–water partition coefficient (Wildman–Crippen LogP) is 4.48. The van der Waals surface area contributed by atoms with Crippen LogP contribution in [0.5, 0.6) is 0 Å². The zero-order valence-electron chi connectivity index (χ0n) is 10.9. The van der Waals surface area contributed by atoms with Crippen LogP contribution < -0.4 is 10.6 Å². The van der Waals surface area contributed by atoms with Crippen LogP contribution in [0.25, 0.3) is 0 Å². The second kappa shape index (κ2) is 6.70. The number of nitrogens with zero attached hydrogens (tertiary/aromatic N) is 1. The Balaban J connectivity index is 2.32. The molecule has 0 aliphatic carbocycles. The summed E-state index contributed by atoms with van der Waals surface area (Å²) in [6.07, 6.45) is 0. The smallest absolute Gasteiger partial charge is 0.107 e. The third-order valence-electron chi connectivity index (χ3n) is 2.96. The molecule has 0 bridgehead atoms. The van der Waals surface area contributed by atoms with Crippen molar-refractivity contribution in [3.8, 4) is 0 Å². The lowest BCUT2D eigenvalue weighted by atomic mass is 10.1. The quantitative estimate of drug-likeness (QED) is 0.749. The molecule has 0 fully saturated rings. The minimum absolute atomic E-state index is 0.397. The topological polar surface area (TPSA) is 29.3 Å². The van der Waals surface area contributed by atoms with Gasteiger partial charge in [-0.1, -0.05) is 46.3 Å². The fourth-order valence-corrected chi connectivity index (χ4v) is 3.43. The molecule has 0 aliphatic heterocycles. The highest BCUT2D eigenvalue weighted by molar-refractivity contribution is 9.10. The number of halogens is 2. The van der Waals surface area contributed by atoms with E-state index in [9.17, 15) is 0 Å². The molecule has 0 spiro atoms. The van der Waals surface area contributed by atoms with E-state index in [1.807, 2.05) is 37.4 Å². The third-order valence-corrected chi connectivity index (χ3v) is 4.32. The van der Waals surface area contributed by atoms with Gasteiger partial charge in [0.2, 0.25) is 0 Å². The normalized spacial score (nSPS) is 10.3. The summed E-state index contributed by atoms with van der Waals surface area (Å²) >= 11 is 12.2. The molecule has 5 heteroatoms. The van der Waals surface area contributed by atoms with Gasteiger partial charge >= 0.3 is 0 Å². The van der Waals surface area contributed by atoms with Crippen molar-refractivity contribution in [1.29, 1.82) is 0 Å². The Bertz CT molecular complexity index is 644. The number of thiocarbonyl (C=S) groups is 1. The first-order valence-corrected chi connectivity index (χ1v) is 8.02. The highest BCUT2D eigenvalue weighted by Crippen LogP contribution is 2.28. The maximum Gasteiger partial charge on any atom is 0.107 e. The van der Waals surface area contributed by atoms with E-state index < -0.39 is 0 Å². The zero-order chi connectivity index (χ0) is 14.7. The van der Waals surface area contributed by atoms with Crippen LogP contribution >= 0.6 is 44.1 Å². The van der Waals surface area contributed by atoms with E-state index in [-0.39, 0.29) is 0 Å². The SMILES string of the molecule is CN(Cc1cccc(Br)c1)c1cccc(Br)c1C(N)=S. The Kier molecular flexibility index (Phi) is 5.18. The molecule has 2 nitrogen and oxygen atoms in total. The van der Waals surface area contributed by atoms with Gasteiger partial charge in [0.05, 0.1) is 0 Å². The number of hydrogen-bond donors (Lipinski definition) is 1. The van der Waals surface area contributed by atoms with Gasteiger partial charge in [-0.3, -0.25) is 0 Å². The molecule has 0 aromatic heterocycles.